The van der Waals surface area contributed by atoms with Crippen molar-refractivity contribution in [3.8, 4) is 0 Å². The Bertz CT molecular complexity index is 517. The van der Waals surface area contributed by atoms with Crippen LogP contribution in [0.2, 0.25) is 0 Å². The molecule has 0 aliphatic carbocycles. The van der Waals surface area contributed by atoms with E-state index in [1.165, 1.54) is 0 Å². The van der Waals surface area contributed by atoms with Gasteiger partial charge in [-0.05, 0) is 18.6 Å². The predicted molar refractivity (Wildman–Crippen MR) is 86.8 cm³/mol. The average Bonchev–Trinajstić information content (AvgIpc) is 2.47. The number of nitrogens with one attached hydrogen (secondary N) is 1. The zero-order valence-corrected chi connectivity index (χ0v) is 13.9. The molecule has 1 rings (SSSR count). The summed E-state index contributed by atoms with van der Waals surface area (Å²) in [4.78, 5) is 2.40. The molecule has 0 unspecified atom stereocenters. The summed E-state index contributed by atoms with van der Waals surface area (Å²) in [6.45, 7) is 4.86. The SMILES string of the molecule is CCCS(=O)(=O)c1ccccc1N(C)CCNCCOC. The summed E-state index contributed by atoms with van der Waals surface area (Å²) in [6, 6.07) is 7.19. The quantitative estimate of drug-likeness (QED) is 0.664. The number of anilines is 1. The summed E-state index contributed by atoms with van der Waals surface area (Å²) in [5, 5.41) is 3.25. The Labute approximate surface area is 128 Å². The van der Waals surface area contributed by atoms with Gasteiger partial charge < -0.3 is 15.0 Å². The summed E-state index contributed by atoms with van der Waals surface area (Å²) in [7, 11) is 0.377. The van der Waals surface area contributed by atoms with Crippen molar-refractivity contribution in [1.82, 2.24) is 5.32 Å². The van der Waals surface area contributed by atoms with Crippen molar-refractivity contribution in [3.63, 3.8) is 0 Å². The Kier molecular flexibility index (Phi) is 7.71. The lowest BCUT2D eigenvalue weighted by Crippen LogP contribution is -2.31. The van der Waals surface area contributed by atoms with Gasteiger partial charge in [-0.2, -0.15) is 0 Å². The number of hydrogen-bond donors (Lipinski definition) is 1. The summed E-state index contributed by atoms with van der Waals surface area (Å²) >= 11 is 0. The number of hydrogen-bond acceptors (Lipinski definition) is 5. The van der Waals surface area contributed by atoms with E-state index in [2.05, 4.69) is 5.32 Å². The molecule has 6 heteroatoms. The highest BCUT2D eigenvalue weighted by Crippen LogP contribution is 2.25. The van der Waals surface area contributed by atoms with Crippen molar-refractivity contribution in [3.05, 3.63) is 24.3 Å². The molecule has 0 saturated heterocycles. The Balaban J connectivity index is 2.74. The monoisotopic (exact) mass is 314 g/mol. The Morgan fingerprint density at radius 1 is 1.24 bits per heavy atom. The molecule has 1 aromatic rings. The van der Waals surface area contributed by atoms with E-state index in [4.69, 9.17) is 4.74 Å². The highest BCUT2D eigenvalue weighted by Gasteiger charge is 2.19. The van der Waals surface area contributed by atoms with Gasteiger partial charge in [0.1, 0.15) is 0 Å². The fourth-order valence-electron chi connectivity index (χ4n) is 2.08. The maximum atomic E-state index is 12.3. The van der Waals surface area contributed by atoms with Crippen LogP contribution >= 0.6 is 0 Å². The average molecular weight is 314 g/mol. The first-order valence-corrected chi connectivity index (χ1v) is 8.90. The van der Waals surface area contributed by atoms with E-state index < -0.39 is 9.84 Å². The fraction of sp³-hybridized carbons (Fsp3) is 0.600. The Morgan fingerprint density at radius 2 is 1.95 bits per heavy atom. The zero-order chi connectivity index (χ0) is 15.7. The van der Waals surface area contributed by atoms with Gasteiger partial charge in [0.15, 0.2) is 9.84 Å². The van der Waals surface area contributed by atoms with Crippen LogP contribution in [0, 0.1) is 0 Å². The molecule has 0 fully saturated rings. The second kappa shape index (κ2) is 9.02. The zero-order valence-electron chi connectivity index (χ0n) is 13.1. The van der Waals surface area contributed by atoms with Crippen LogP contribution in [-0.2, 0) is 14.6 Å². The van der Waals surface area contributed by atoms with Crippen LogP contribution in [0.1, 0.15) is 13.3 Å². The lowest BCUT2D eigenvalue weighted by Gasteiger charge is -2.22. The van der Waals surface area contributed by atoms with Crippen LogP contribution in [0.15, 0.2) is 29.2 Å². The predicted octanol–water partition coefficient (Wildman–Crippen LogP) is 1.54. The molecule has 0 amide bonds. The van der Waals surface area contributed by atoms with Gasteiger partial charge in [-0.1, -0.05) is 19.1 Å². The van der Waals surface area contributed by atoms with E-state index in [-0.39, 0.29) is 5.75 Å². The van der Waals surface area contributed by atoms with E-state index in [0.717, 1.165) is 25.3 Å². The molecule has 1 aromatic carbocycles. The molecular weight excluding hydrogens is 288 g/mol. The lowest BCUT2D eigenvalue weighted by molar-refractivity contribution is 0.200. The van der Waals surface area contributed by atoms with Gasteiger partial charge in [0, 0.05) is 33.8 Å². The van der Waals surface area contributed by atoms with Gasteiger partial charge in [-0.3, -0.25) is 0 Å². The summed E-state index contributed by atoms with van der Waals surface area (Å²) in [5.74, 6) is 0.184. The molecule has 0 saturated carbocycles. The minimum atomic E-state index is -3.21. The largest absolute Gasteiger partial charge is 0.383 e. The molecule has 0 aliphatic rings. The maximum Gasteiger partial charge on any atom is 0.180 e. The van der Waals surface area contributed by atoms with Gasteiger partial charge in [-0.25, -0.2) is 8.42 Å². The van der Waals surface area contributed by atoms with Gasteiger partial charge >= 0.3 is 0 Å². The van der Waals surface area contributed by atoms with Crippen LogP contribution in [0.25, 0.3) is 0 Å². The van der Waals surface area contributed by atoms with E-state index in [9.17, 15) is 8.42 Å². The van der Waals surface area contributed by atoms with Crippen molar-refractivity contribution < 1.29 is 13.2 Å². The van der Waals surface area contributed by atoms with Gasteiger partial charge in [0.25, 0.3) is 0 Å². The third-order valence-corrected chi connectivity index (χ3v) is 5.15. The smallest absolute Gasteiger partial charge is 0.180 e. The van der Waals surface area contributed by atoms with E-state index in [1.54, 1.807) is 19.2 Å². The number of likely N-dealkylation sites (N-methyl/N-ethyl adjacent to an activating group) is 1. The van der Waals surface area contributed by atoms with Gasteiger partial charge in [0.2, 0.25) is 0 Å². The van der Waals surface area contributed by atoms with Crippen LogP contribution in [0.4, 0.5) is 5.69 Å². The summed E-state index contributed by atoms with van der Waals surface area (Å²) in [6.07, 6.45) is 0.624. The van der Waals surface area contributed by atoms with Crippen LogP contribution in [-0.4, -0.2) is 54.6 Å². The van der Waals surface area contributed by atoms with Crippen molar-refractivity contribution >= 4 is 15.5 Å². The molecule has 5 nitrogen and oxygen atoms in total. The minimum Gasteiger partial charge on any atom is -0.383 e. The Hall–Kier alpha value is -1.11. The molecule has 0 bridgehead atoms. The van der Waals surface area contributed by atoms with Gasteiger partial charge in [0.05, 0.1) is 22.9 Å². The highest BCUT2D eigenvalue weighted by atomic mass is 32.2. The third-order valence-electron chi connectivity index (χ3n) is 3.19. The van der Waals surface area contributed by atoms with E-state index in [0.29, 0.717) is 17.9 Å². The minimum absolute atomic E-state index is 0.184. The number of para-hydroxylation sites is 1. The number of sulfone groups is 1. The molecule has 0 atom stereocenters. The first kappa shape index (κ1) is 17.9. The molecule has 0 spiro atoms. The third kappa shape index (κ3) is 5.65. The van der Waals surface area contributed by atoms with Gasteiger partial charge in [-0.15, -0.1) is 0 Å². The fourth-order valence-corrected chi connectivity index (χ4v) is 3.67. The van der Waals surface area contributed by atoms with Crippen molar-refractivity contribution in [2.45, 2.75) is 18.2 Å². The maximum absolute atomic E-state index is 12.3. The number of benzene rings is 1. The van der Waals surface area contributed by atoms with Crippen molar-refractivity contribution in [2.75, 3.05) is 51.1 Å². The lowest BCUT2D eigenvalue weighted by atomic mass is 10.3. The molecule has 0 heterocycles. The molecule has 1 N–H and O–H groups in total. The molecule has 21 heavy (non-hydrogen) atoms. The number of rotatable bonds is 10. The second-order valence-corrected chi connectivity index (χ2v) is 7.03. The van der Waals surface area contributed by atoms with E-state index >= 15 is 0 Å². The molecule has 0 radical (unpaired) electrons. The number of ether oxygens (including phenoxy) is 1. The standard InChI is InChI=1S/C15H26N2O3S/c1-4-13-21(18,19)15-8-6-5-7-14(15)17(2)11-9-16-10-12-20-3/h5-8,16H,4,9-13H2,1-3H3. The topological polar surface area (TPSA) is 58.6 Å². The van der Waals surface area contributed by atoms with Crippen molar-refractivity contribution in [1.29, 1.82) is 0 Å². The number of methoxy groups -OCH3 is 1. The second-order valence-electron chi connectivity index (χ2n) is 4.95. The van der Waals surface area contributed by atoms with Crippen LogP contribution < -0.4 is 10.2 Å². The Morgan fingerprint density at radius 3 is 2.62 bits per heavy atom. The summed E-state index contributed by atoms with van der Waals surface area (Å²) < 4.78 is 29.6. The molecule has 0 aliphatic heterocycles. The van der Waals surface area contributed by atoms with E-state index in [1.807, 2.05) is 31.0 Å². The molecule has 120 valence electrons. The number of nitrogens with zero attached hydrogens (tertiary/aromatic N) is 1. The summed E-state index contributed by atoms with van der Waals surface area (Å²) in [5.41, 5.74) is 0.763. The molecular formula is C15H26N2O3S. The van der Waals surface area contributed by atoms with Crippen molar-refractivity contribution in [2.24, 2.45) is 0 Å². The normalized spacial score (nSPS) is 11.6. The first-order chi connectivity index (χ1) is 10.0. The molecule has 0 aromatic heterocycles. The van der Waals surface area contributed by atoms with Crippen LogP contribution in [0.5, 0.6) is 0 Å². The van der Waals surface area contributed by atoms with Crippen LogP contribution in [0.3, 0.4) is 0 Å². The first-order valence-electron chi connectivity index (χ1n) is 7.25. The highest BCUT2D eigenvalue weighted by molar-refractivity contribution is 7.91.